The second kappa shape index (κ2) is 8.89. The molecule has 1 amide bonds. The molecule has 166 valence electrons. The van der Waals surface area contributed by atoms with Crippen molar-refractivity contribution in [2.24, 2.45) is 0 Å². The molecule has 9 nitrogen and oxygen atoms in total. The number of amides is 1. The lowest BCUT2D eigenvalue weighted by molar-refractivity contribution is -0.137. The predicted molar refractivity (Wildman–Crippen MR) is 110 cm³/mol. The molecule has 0 bridgehead atoms. The van der Waals surface area contributed by atoms with Crippen LogP contribution in [0.3, 0.4) is 0 Å². The molecule has 0 radical (unpaired) electrons. The number of aliphatic hydroxyl groups is 1. The van der Waals surface area contributed by atoms with E-state index in [4.69, 9.17) is 9.47 Å². The molecular weight excluding hydrogens is 410 g/mol. The SMILES string of the molecule is O=C(CN1CC[C@H](O)[C@]2(CCCO2)C1)Nc1cccc(S(=O)(=O)N2CCOCC2)c1. The van der Waals surface area contributed by atoms with Crippen LogP contribution in [0.1, 0.15) is 19.3 Å². The van der Waals surface area contributed by atoms with Gasteiger partial charge in [-0.15, -0.1) is 0 Å². The number of sulfonamides is 1. The highest BCUT2D eigenvalue weighted by Gasteiger charge is 2.46. The highest BCUT2D eigenvalue weighted by molar-refractivity contribution is 7.89. The first-order valence-corrected chi connectivity index (χ1v) is 11.9. The van der Waals surface area contributed by atoms with Gasteiger partial charge in [0.15, 0.2) is 0 Å². The summed E-state index contributed by atoms with van der Waals surface area (Å²) in [5.74, 6) is -0.222. The molecule has 30 heavy (non-hydrogen) atoms. The lowest BCUT2D eigenvalue weighted by Crippen LogP contribution is -2.57. The van der Waals surface area contributed by atoms with E-state index in [1.54, 1.807) is 12.1 Å². The summed E-state index contributed by atoms with van der Waals surface area (Å²) in [7, 11) is -3.62. The molecule has 10 heteroatoms. The molecule has 4 rings (SSSR count). The number of likely N-dealkylation sites (tertiary alicyclic amines) is 1. The van der Waals surface area contributed by atoms with Crippen LogP contribution in [0.2, 0.25) is 0 Å². The molecule has 2 N–H and O–H groups in total. The van der Waals surface area contributed by atoms with Gasteiger partial charge in [0.1, 0.15) is 5.60 Å². The number of morpholine rings is 1. The van der Waals surface area contributed by atoms with Gasteiger partial charge in [0, 0.05) is 38.5 Å². The van der Waals surface area contributed by atoms with Crippen molar-refractivity contribution in [2.75, 3.05) is 57.9 Å². The first-order valence-electron chi connectivity index (χ1n) is 10.4. The second-order valence-corrected chi connectivity index (χ2v) is 10.1. The Morgan fingerprint density at radius 1 is 1.23 bits per heavy atom. The van der Waals surface area contributed by atoms with Gasteiger partial charge < -0.3 is 19.9 Å². The molecular formula is C20H29N3O6S. The Morgan fingerprint density at radius 3 is 2.77 bits per heavy atom. The molecule has 3 aliphatic rings. The monoisotopic (exact) mass is 439 g/mol. The first kappa shape index (κ1) is 21.7. The lowest BCUT2D eigenvalue weighted by atomic mass is 9.87. The van der Waals surface area contributed by atoms with Crippen LogP contribution in [-0.4, -0.2) is 92.9 Å². The van der Waals surface area contributed by atoms with Crippen LogP contribution in [0, 0.1) is 0 Å². The van der Waals surface area contributed by atoms with E-state index in [-0.39, 0.29) is 17.3 Å². The Bertz CT molecular complexity index is 865. The number of piperidine rings is 1. The van der Waals surface area contributed by atoms with Gasteiger partial charge in [0.2, 0.25) is 15.9 Å². The predicted octanol–water partition coefficient (Wildman–Crippen LogP) is 0.262. The first-order chi connectivity index (χ1) is 14.4. The molecule has 0 aromatic heterocycles. The van der Waals surface area contributed by atoms with E-state index in [2.05, 4.69) is 5.32 Å². The number of carbonyl (C=O) groups excluding carboxylic acids is 1. The van der Waals surface area contributed by atoms with Gasteiger partial charge in [0.25, 0.3) is 0 Å². The standard InChI is InChI=1S/C20H29N3O6S/c24-18-5-7-22(15-20(18)6-2-10-29-20)14-19(25)21-16-3-1-4-17(13-16)30(26,27)23-8-11-28-12-9-23/h1,3-4,13,18,24H,2,5-12,14-15H2,(H,21,25)/t18-,20-/m0/s1. The molecule has 0 aliphatic carbocycles. The maximum Gasteiger partial charge on any atom is 0.243 e. The quantitative estimate of drug-likeness (QED) is 0.678. The van der Waals surface area contributed by atoms with Crippen LogP contribution < -0.4 is 5.32 Å². The fraction of sp³-hybridized carbons (Fsp3) is 0.650. The summed E-state index contributed by atoms with van der Waals surface area (Å²) < 4.78 is 38.1. The molecule has 0 unspecified atom stereocenters. The van der Waals surface area contributed by atoms with Gasteiger partial charge in [0.05, 0.1) is 30.8 Å². The summed E-state index contributed by atoms with van der Waals surface area (Å²) in [4.78, 5) is 14.7. The average molecular weight is 440 g/mol. The van der Waals surface area contributed by atoms with E-state index in [0.29, 0.717) is 58.1 Å². The van der Waals surface area contributed by atoms with Gasteiger partial charge in [-0.2, -0.15) is 4.31 Å². The van der Waals surface area contributed by atoms with Crippen LogP contribution in [0.5, 0.6) is 0 Å². The van der Waals surface area contributed by atoms with Gasteiger partial charge in [-0.3, -0.25) is 9.69 Å². The van der Waals surface area contributed by atoms with E-state index in [1.165, 1.54) is 16.4 Å². The number of carbonyl (C=O) groups is 1. The number of ether oxygens (including phenoxy) is 2. The van der Waals surface area contributed by atoms with Crippen molar-refractivity contribution in [1.82, 2.24) is 9.21 Å². The molecule has 0 saturated carbocycles. The van der Waals surface area contributed by atoms with Crippen molar-refractivity contribution in [3.63, 3.8) is 0 Å². The number of aliphatic hydroxyl groups excluding tert-OH is 1. The largest absolute Gasteiger partial charge is 0.390 e. The minimum Gasteiger partial charge on any atom is -0.390 e. The Morgan fingerprint density at radius 2 is 2.03 bits per heavy atom. The maximum absolute atomic E-state index is 12.8. The number of hydrogen-bond acceptors (Lipinski definition) is 7. The molecule has 2 atom stereocenters. The molecule has 3 heterocycles. The molecule has 3 aliphatic heterocycles. The summed E-state index contributed by atoms with van der Waals surface area (Å²) in [6.45, 7) is 3.35. The van der Waals surface area contributed by atoms with Crippen molar-refractivity contribution in [3.8, 4) is 0 Å². The van der Waals surface area contributed by atoms with Crippen molar-refractivity contribution in [3.05, 3.63) is 24.3 Å². The molecule has 1 spiro atoms. The minimum atomic E-state index is -3.62. The number of rotatable bonds is 5. The third-order valence-electron chi connectivity index (χ3n) is 6.04. The van der Waals surface area contributed by atoms with E-state index < -0.39 is 21.7 Å². The van der Waals surface area contributed by atoms with Crippen LogP contribution in [0.15, 0.2) is 29.2 Å². The Kier molecular flexibility index (Phi) is 6.42. The fourth-order valence-corrected chi connectivity index (χ4v) is 5.90. The van der Waals surface area contributed by atoms with Crippen LogP contribution in [-0.2, 0) is 24.3 Å². The van der Waals surface area contributed by atoms with Gasteiger partial charge in [-0.05, 0) is 37.5 Å². The third kappa shape index (κ3) is 4.53. The fourth-order valence-electron chi connectivity index (χ4n) is 4.45. The third-order valence-corrected chi connectivity index (χ3v) is 7.94. The highest BCUT2D eigenvalue weighted by atomic mass is 32.2. The Hall–Kier alpha value is -1.56. The average Bonchev–Trinajstić information content (AvgIpc) is 3.21. The van der Waals surface area contributed by atoms with Gasteiger partial charge in [-0.25, -0.2) is 8.42 Å². The maximum atomic E-state index is 12.8. The van der Waals surface area contributed by atoms with Crippen molar-refractivity contribution in [2.45, 2.75) is 35.9 Å². The van der Waals surface area contributed by atoms with E-state index in [0.717, 1.165) is 12.8 Å². The molecule has 1 aromatic carbocycles. The normalized spacial score (nSPS) is 28.6. The lowest BCUT2D eigenvalue weighted by Gasteiger charge is -2.42. The van der Waals surface area contributed by atoms with Crippen LogP contribution in [0.4, 0.5) is 5.69 Å². The van der Waals surface area contributed by atoms with Crippen molar-refractivity contribution in [1.29, 1.82) is 0 Å². The summed E-state index contributed by atoms with van der Waals surface area (Å²) in [6.07, 6.45) is 1.79. The number of nitrogens with zero attached hydrogens (tertiary/aromatic N) is 2. The second-order valence-electron chi connectivity index (χ2n) is 8.12. The topological polar surface area (TPSA) is 108 Å². The Labute approximate surface area is 177 Å². The minimum absolute atomic E-state index is 0.154. The summed E-state index contributed by atoms with van der Waals surface area (Å²) >= 11 is 0. The Balaban J connectivity index is 1.38. The van der Waals surface area contributed by atoms with E-state index in [9.17, 15) is 18.3 Å². The highest BCUT2D eigenvalue weighted by Crippen LogP contribution is 2.34. The number of benzene rings is 1. The van der Waals surface area contributed by atoms with E-state index >= 15 is 0 Å². The zero-order valence-electron chi connectivity index (χ0n) is 17.0. The molecule has 1 aromatic rings. The molecule has 3 fully saturated rings. The van der Waals surface area contributed by atoms with Crippen molar-refractivity contribution < 1.29 is 27.8 Å². The van der Waals surface area contributed by atoms with Crippen LogP contribution >= 0.6 is 0 Å². The van der Waals surface area contributed by atoms with Crippen molar-refractivity contribution >= 4 is 21.6 Å². The summed E-state index contributed by atoms with van der Waals surface area (Å²) in [5, 5.41) is 13.1. The smallest absolute Gasteiger partial charge is 0.243 e. The van der Waals surface area contributed by atoms with E-state index in [1.807, 2.05) is 4.90 Å². The number of anilines is 1. The van der Waals surface area contributed by atoms with Gasteiger partial charge >= 0.3 is 0 Å². The summed E-state index contributed by atoms with van der Waals surface area (Å²) in [6, 6.07) is 6.33. The van der Waals surface area contributed by atoms with Crippen LogP contribution in [0.25, 0.3) is 0 Å². The zero-order chi connectivity index (χ0) is 21.2. The van der Waals surface area contributed by atoms with Gasteiger partial charge in [-0.1, -0.05) is 6.07 Å². The zero-order valence-corrected chi connectivity index (χ0v) is 17.8. The number of nitrogens with one attached hydrogen (secondary N) is 1. The molecule has 3 saturated heterocycles. The number of hydrogen-bond donors (Lipinski definition) is 2. The summed E-state index contributed by atoms with van der Waals surface area (Å²) in [5.41, 5.74) is -0.122.